The Hall–Kier alpha value is -4.41. The van der Waals surface area contributed by atoms with Gasteiger partial charge in [-0.3, -0.25) is 4.99 Å². The summed E-state index contributed by atoms with van der Waals surface area (Å²) in [7, 11) is 0. The lowest BCUT2D eigenvalue weighted by molar-refractivity contribution is 0.905. The molecule has 2 aliphatic heterocycles. The Morgan fingerprint density at radius 1 is 0.885 bits per heavy atom. The maximum absolute atomic E-state index is 9.25. The predicted octanol–water partition coefficient (Wildman–Crippen LogP) is 1.12. The fraction of sp³-hybridized carbons (Fsp3) is 0.188. The molecular formula is C16H8N10. The summed E-state index contributed by atoms with van der Waals surface area (Å²) in [6, 6.07) is 6.77. The first-order valence-corrected chi connectivity index (χ1v) is 7.52. The first-order chi connectivity index (χ1) is 12.7. The van der Waals surface area contributed by atoms with Crippen molar-refractivity contribution in [3.8, 4) is 24.3 Å². The van der Waals surface area contributed by atoms with E-state index in [9.17, 15) is 21.0 Å². The molecule has 0 spiro atoms. The second-order valence-corrected chi connectivity index (χ2v) is 5.55. The highest BCUT2D eigenvalue weighted by Gasteiger charge is 2.30. The minimum atomic E-state index is -0.624. The van der Waals surface area contributed by atoms with Crippen molar-refractivity contribution in [3.63, 3.8) is 0 Å². The SMILES string of the molecule is N#Cc1nc2c3c(c4c(c2nc1C#N)NC(C#N)CN4)NC(C#N)C=N3. The zero-order valence-electron chi connectivity index (χ0n) is 13.1. The minimum Gasteiger partial charge on any atom is -0.378 e. The van der Waals surface area contributed by atoms with Crippen molar-refractivity contribution in [2.24, 2.45) is 4.99 Å². The van der Waals surface area contributed by atoms with Gasteiger partial charge in [0.15, 0.2) is 17.4 Å². The number of nitriles is 4. The average Bonchev–Trinajstić information content (AvgIpc) is 2.71. The molecule has 0 saturated heterocycles. The Morgan fingerprint density at radius 2 is 1.62 bits per heavy atom. The van der Waals surface area contributed by atoms with Gasteiger partial charge in [0.05, 0.1) is 29.2 Å². The number of nitrogens with zero attached hydrogens (tertiary/aromatic N) is 7. The molecule has 0 saturated carbocycles. The van der Waals surface area contributed by atoms with Crippen LogP contribution in [0.25, 0.3) is 11.0 Å². The maximum atomic E-state index is 9.25. The van der Waals surface area contributed by atoms with Crippen LogP contribution in [0.2, 0.25) is 0 Å². The molecule has 0 fully saturated rings. The highest BCUT2D eigenvalue weighted by molar-refractivity contribution is 6.13. The standard InChI is InChI=1S/C16H8N10/c17-1-7-5-22-12-13(23-7)11-14(24-8(2-18)6-21-11)16-15(12)25-9(3-19)10(4-20)26-16/h5,7-8,21,23-24H,6H2. The summed E-state index contributed by atoms with van der Waals surface area (Å²) in [4.78, 5) is 12.8. The van der Waals surface area contributed by atoms with Crippen LogP contribution in [0.4, 0.5) is 22.7 Å². The Labute approximate surface area is 147 Å². The quantitative estimate of drug-likeness (QED) is 0.635. The van der Waals surface area contributed by atoms with Crippen LogP contribution >= 0.6 is 0 Å². The van der Waals surface area contributed by atoms with Crippen LogP contribution in [-0.2, 0) is 0 Å². The van der Waals surface area contributed by atoms with Gasteiger partial charge in [-0.15, -0.1) is 0 Å². The van der Waals surface area contributed by atoms with Crippen LogP contribution in [0.3, 0.4) is 0 Å². The van der Waals surface area contributed by atoms with E-state index < -0.39 is 12.1 Å². The number of aliphatic imine (C=N–C) groups is 1. The van der Waals surface area contributed by atoms with E-state index in [1.807, 2.05) is 12.1 Å². The second-order valence-electron chi connectivity index (χ2n) is 5.55. The Balaban J connectivity index is 2.10. The van der Waals surface area contributed by atoms with Gasteiger partial charge in [0.25, 0.3) is 0 Å². The van der Waals surface area contributed by atoms with E-state index in [1.165, 1.54) is 6.21 Å². The molecule has 26 heavy (non-hydrogen) atoms. The number of aromatic nitrogens is 2. The molecule has 0 amide bonds. The average molecular weight is 340 g/mol. The van der Waals surface area contributed by atoms with Crippen LogP contribution < -0.4 is 16.0 Å². The van der Waals surface area contributed by atoms with E-state index in [2.05, 4.69) is 43.0 Å². The minimum absolute atomic E-state index is 0.106. The van der Waals surface area contributed by atoms with Gasteiger partial charge in [-0.05, 0) is 0 Å². The maximum Gasteiger partial charge on any atom is 0.177 e. The number of hydrogen-bond acceptors (Lipinski definition) is 10. The predicted molar refractivity (Wildman–Crippen MR) is 91.7 cm³/mol. The van der Waals surface area contributed by atoms with Crippen molar-refractivity contribution in [1.82, 2.24) is 9.97 Å². The summed E-state index contributed by atoms with van der Waals surface area (Å²) in [5, 5.41) is 46.2. The van der Waals surface area contributed by atoms with Crippen LogP contribution in [-0.4, -0.2) is 34.8 Å². The third kappa shape index (κ3) is 2.04. The molecule has 3 N–H and O–H groups in total. The summed E-state index contributed by atoms with van der Waals surface area (Å²) in [6.45, 7) is 0.346. The topological polar surface area (TPSA) is 169 Å². The van der Waals surface area contributed by atoms with Crippen molar-refractivity contribution in [3.05, 3.63) is 11.4 Å². The van der Waals surface area contributed by atoms with Crippen molar-refractivity contribution in [2.45, 2.75) is 12.1 Å². The van der Waals surface area contributed by atoms with Crippen molar-refractivity contribution in [2.75, 3.05) is 22.5 Å². The van der Waals surface area contributed by atoms with Gasteiger partial charge in [0.1, 0.15) is 34.9 Å². The molecule has 1 aromatic heterocycles. The summed E-state index contributed by atoms with van der Waals surface area (Å²) >= 11 is 0. The van der Waals surface area contributed by atoms with Crippen LogP contribution in [0, 0.1) is 45.3 Å². The lowest BCUT2D eigenvalue weighted by Gasteiger charge is -2.30. The highest BCUT2D eigenvalue weighted by atomic mass is 15.1. The first-order valence-electron chi connectivity index (χ1n) is 7.52. The first kappa shape index (κ1) is 15.1. The smallest absolute Gasteiger partial charge is 0.177 e. The Kier molecular flexibility index (Phi) is 3.26. The van der Waals surface area contributed by atoms with Gasteiger partial charge >= 0.3 is 0 Å². The van der Waals surface area contributed by atoms with Gasteiger partial charge in [-0.1, -0.05) is 0 Å². The summed E-state index contributed by atoms with van der Waals surface area (Å²) in [6.07, 6.45) is 1.44. The lowest BCUT2D eigenvalue weighted by Crippen LogP contribution is -2.33. The van der Waals surface area contributed by atoms with Gasteiger partial charge in [-0.25, -0.2) is 9.97 Å². The van der Waals surface area contributed by atoms with E-state index in [4.69, 9.17) is 0 Å². The fourth-order valence-corrected chi connectivity index (χ4v) is 2.91. The monoisotopic (exact) mass is 340 g/mol. The van der Waals surface area contributed by atoms with Gasteiger partial charge in [0.2, 0.25) is 0 Å². The molecule has 10 heteroatoms. The molecule has 1 aromatic carbocycles. The van der Waals surface area contributed by atoms with Crippen LogP contribution in [0.15, 0.2) is 4.99 Å². The zero-order chi connectivity index (χ0) is 18.3. The van der Waals surface area contributed by atoms with Crippen molar-refractivity contribution >= 4 is 40.0 Å². The van der Waals surface area contributed by atoms with Gasteiger partial charge < -0.3 is 16.0 Å². The van der Waals surface area contributed by atoms with E-state index in [0.29, 0.717) is 40.3 Å². The number of anilines is 3. The third-order valence-electron chi connectivity index (χ3n) is 4.05. The molecule has 122 valence electrons. The molecule has 3 heterocycles. The van der Waals surface area contributed by atoms with Gasteiger partial charge in [0, 0.05) is 12.8 Å². The molecular weight excluding hydrogens is 332 g/mol. The number of hydrogen-bond donors (Lipinski definition) is 3. The molecule has 0 radical (unpaired) electrons. The number of nitrogens with one attached hydrogen (secondary N) is 3. The largest absolute Gasteiger partial charge is 0.378 e. The van der Waals surface area contributed by atoms with E-state index >= 15 is 0 Å². The number of rotatable bonds is 0. The molecule has 2 aromatic rings. The second kappa shape index (κ2) is 5.59. The molecule has 0 bridgehead atoms. The molecule has 2 atom stereocenters. The number of fused-ring (bicyclic) bond motifs is 6. The Morgan fingerprint density at radius 3 is 2.27 bits per heavy atom. The highest BCUT2D eigenvalue weighted by Crippen LogP contribution is 2.48. The van der Waals surface area contributed by atoms with E-state index in [0.717, 1.165) is 0 Å². The molecule has 10 nitrogen and oxygen atoms in total. The van der Waals surface area contributed by atoms with Crippen LogP contribution in [0.5, 0.6) is 0 Å². The molecule has 2 aliphatic rings. The number of benzene rings is 1. The van der Waals surface area contributed by atoms with Crippen molar-refractivity contribution in [1.29, 1.82) is 21.0 Å². The molecule has 2 unspecified atom stereocenters. The van der Waals surface area contributed by atoms with Crippen molar-refractivity contribution < 1.29 is 0 Å². The summed E-state index contributed by atoms with van der Waals surface area (Å²) < 4.78 is 0. The summed E-state index contributed by atoms with van der Waals surface area (Å²) in [5.41, 5.74) is 2.45. The molecule has 4 rings (SSSR count). The van der Waals surface area contributed by atoms with E-state index in [-0.39, 0.29) is 11.4 Å². The zero-order valence-corrected chi connectivity index (χ0v) is 13.1. The van der Waals surface area contributed by atoms with Crippen LogP contribution in [0.1, 0.15) is 11.4 Å². The third-order valence-corrected chi connectivity index (χ3v) is 4.05. The van der Waals surface area contributed by atoms with E-state index in [1.54, 1.807) is 0 Å². The normalized spacial score (nSPS) is 19.2. The lowest BCUT2D eigenvalue weighted by atomic mass is 10.0. The molecule has 0 aliphatic carbocycles. The summed E-state index contributed by atoms with van der Waals surface area (Å²) in [5.74, 6) is 0. The Bertz CT molecular complexity index is 1150. The fourth-order valence-electron chi connectivity index (χ4n) is 2.91. The van der Waals surface area contributed by atoms with Gasteiger partial charge in [-0.2, -0.15) is 21.0 Å².